The highest BCUT2D eigenvalue weighted by molar-refractivity contribution is 6.24. The van der Waals surface area contributed by atoms with Crippen molar-refractivity contribution < 1.29 is 221 Å². The molecule has 21 atom stereocenters. The van der Waals surface area contributed by atoms with Crippen LogP contribution in [0.4, 0.5) is 5.69 Å². The summed E-state index contributed by atoms with van der Waals surface area (Å²) in [5.41, 5.74) is -2.39. The Morgan fingerprint density at radius 1 is 0.541 bits per heavy atom. The molecule has 0 bridgehead atoms. The molecular weight excluding hydrogens is 1350 g/mol. The van der Waals surface area contributed by atoms with Gasteiger partial charge in [-0.3, -0.25) is 28.8 Å². The van der Waals surface area contributed by atoms with E-state index in [0.717, 1.165) is 4.90 Å². The van der Waals surface area contributed by atoms with Gasteiger partial charge >= 0.3 is 29.8 Å². The van der Waals surface area contributed by atoms with Crippen LogP contribution in [0, 0.1) is 0 Å². The fourth-order valence-corrected chi connectivity index (χ4v) is 6.37. The number of carboxylic acid groups (broad SMARTS) is 5. The zero-order valence-electron chi connectivity index (χ0n) is 52.3. The van der Waals surface area contributed by atoms with Gasteiger partial charge in [0.1, 0.15) is 97.7 Å². The molecule has 0 spiro atoms. The van der Waals surface area contributed by atoms with E-state index in [9.17, 15) is 69.0 Å². The molecule has 0 aromatic heterocycles. The topological polar surface area (TPSA) is 846 Å². The van der Waals surface area contributed by atoms with E-state index in [2.05, 4.69) is 9.47 Å². The Kier molecular flexibility index (Phi) is 54.6. The third-order valence-corrected chi connectivity index (χ3v) is 12.2. The number of nitrogens with zero attached hydrogens (tertiary/aromatic N) is 1. The fraction of sp³-hybridized carbons (Fsp3) is 0.736. The van der Waals surface area contributed by atoms with E-state index in [1.165, 1.54) is 13.8 Å². The number of para-hydroxylation sites is 1. The van der Waals surface area contributed by atoms with Crippen LogP contribution in [0.3, 0.4) is 0 Å². The van der Waals surface area contributed by atoms with Gasteiger partial charge in [0.25, 0.3) is 11.8 Å². The molecule has 45 nitrogen and oxygen atoms in total. The standard InChI is InChI=1S/C11H20O8.C10H9NO4.C6H8O7.2C6H12O6.2C4H10O4.C3H6O3.C3H8O2/c12-5-7(14)10(18)11(19)9(17)6(13)3-1-2-4-8(15)16;12-7-8(13)10(15)11(9(7)14)6-4-2-1-3-5-6;7-3(8)1-6(13,5(11)12)2-4(9)10;7-1-3-4(9)5(10)6(11,2-8)12-3;7-1-2(8)5-3(9)4(10)6(11)12-5;2*5-1-3(7)4(8)2-6;1-2(4)3(5)6;1-3(5)2-4/h7,9-12,14,17-19H,1-5H2,(H,15,16);1-5,7-8,12-13H;13H,1-2H2,(H,7,8)(H,9,10)(H,11,12);3-5,7-11H,1-2H2;2-11H,1H2;2*3-8H,1-2H2;2,4H,1H3,(H,5,6);3-5H,2H2,1H3/t;7-,8+;;3-,4-,5+,6-;2-,3-,4-,5-,6+;3-,4+;3-,4-;2-;3-/m...11.111/s1. The molecule has 1 aromatic carbocycles. The van der Waals surface area contributed by atoms with E-state index in [0.29, 0.717) is 5.69 Å². The smallest absolute Gasteiger partial charge is 0.336 e. The van der Waals surface area contributed by atoms with Crippen molar-refractivity contribution in [3.63, 3.8) is 0 Å². The van der Waals surface area contributed by atoms with Crippen molar-refractivity contribution >= 4 is 53.1 Å². The van der Waals surface area contributed by atoms with Crippen LogP contribution in [0.5, 0.6) is 0 Å². The van der Waals surface area contributed by atoms with Gasteiger partial charge in [0.15, 0.2) is 29.9 Å². The van der Waals surface area contributed by atoms with Crippen LogP contribution in [0.15, 0.2) is 30.3 Å². The van der Waals surface area contributed by atoms with E-state index in [4.69, 9.17) is 143 Å². The van der Waals surface area contributed by atoms with Gasteiger partial charge in [-0.25, -0.2) is 14.5 Å². The highest BCUT2D eigenvalue weighted by atomic mass is 16.7. The number of benzene rings is 1. The lowest BCUT2D eigenvalue weighted by Gasteiger charge is -2.24. The Hall–Kier alpha value is -5.86. The number of rotatable bonds is 28. The van der Waals surface area contributed by atoms with Gasteiger partial charge in [-0.1, -0.05) is 18.2 Å². The maximum Gasteiger partial charge on any atom is 0.336 e. The molecule has 34 N–H and O–H groups in total. The Bertz CT molecular complexity index is 2290. The number of imide groups is 1. The molecule has 3 aliphatic rings. The molecule has 0 aliphatic carbocycles. The Labute approximate surface area is 554 Å². The molecule has 4 rings (SSSR count). The third-order valence-electron chi connectivity index (χ3n) is 12.2. The van der Waals surface area contributed by atoms with Gasteiger partial charge in [0, 0.05) is 12.8 Å². The molecule has 3 heterocycles. The van der Waals surface area contributed by atoms with E-state index >= 15 is 0 Å². The molecule has 576 valence electrons. The van der Waals surface area contributed by atoms with Crippen molar-refractivity contribution in [3.05, 3.63) is 30.3 Å². The number of aliphatic hydroxyl groups is 29. The van der Waals surface area contributed by atoms with Crippen molar-refractivity contribution in [2.45, 2.75) is 186 Å². The molecule has 4 unspecified atom stereocenters. The summed E-state index contributed by atoms with van der Waals surface area (Å²) in [7, 11) is 0. The normalized spacial score (nSPS) is 24.8. The van der Waals surface area contributed by atoms with Gasteiger partial charge in [-0.2, -0.15) is 0 Å². The first-order valence-corrected chi connectivity index (χ1v) is 28.3. The minimum Gasteiger partial charge on any atom is -0.481 e. The van der Waals surface area contributed by atoms with E-state index in [-0.39, 0.29) is 32.3 Å². The minimum absolute atomic E-state index is 0.0994. The maximum atomic E-state index is 11.4. The van der Waals surface area contributed by atoms with Crippen LogP contribution in [0.1, 0.15) is 52.4 Å². The van der Waals surface area contributed by atoms with E-state index in [1.54, 1.807) is 30.3 Å². The first kappa shape index (κ1) is 101. The highest BCUT2D eigenvalue weighted by Crippen LogP contribution is 2.29. The number of amides is 2. The summed E-state index contributed by atoms with van der Waals surface area (Å²) in [5, 5.41) is 294. The summed E-state index contributed by atoms with van der Waals surface area (Å²) < 4.78 is 9.21. The lowest BCUT2D eigenvalue weighted by Crippen LogP contribution is -2.48. The number of anilines is 1. The molecule has 3 fully saturated rings. The number of hydrogen-bond donors (Lipinski definition) is 34. The maximum absolute atomic E-state index is 11.4. The average molecular weight is 1450 g/mol. The quantitative estimate of drug-likeness (QED) is 0.0274. The van der Waals surface area contributed by atoms with Crippen LogP contribution in [-0.4, -0.2) is 414 Å². The number of ether oxygens (including phenoxy) is 2. The highest BCUT2D eigenvalue weighted by Gasteiger charge is 2.53. The number of carbonyl (C=O) groups is 8. The molecular formula is C53H95NO44. The Morgan fingerprint density at radius 2 is 0.929 bits per heavy atom. The van der Waals surface area contributed by atoms with Gasteiger partial charge in [0.05, 0.1) is 84.1 Å². The predicted molar refractivity (Wildman–Crippen MR) is 313 cm³/mol. The lowest BCUT2D eigenvalue weighted by atomic mass is 9.96. The van der Waals surface area contributed by atoms with Gasteiger partial charge in [-0.15, -0.1) is 0 Å². The van der Waals surface area contributed by atoms with Crippen LogP contribution in [0.25, 0.3) is 0 Å². The molecule has 45 heteroatoms. The minimum atomic E-state index is -2.74. The van der Waals surface area contributed by atoms with Crippen molar-refractivity contribution in [1.82, 2.24) is 0 Å². The van der Waals surface area contributed by atoms with Crippen LogP contribution < -0.4 is 4.90 Å². The molecule has 3 saturated heterocycles. The molecule has 0 saturated carbocycles. The lowest BCUT2D eigenvalue weighted by molar-refractivity contribution is -0.248. The summed E-state index contributed by atoms with van der Waals surface area (Å²) >= 11 is 0. The SMILES string of the molecule is C[C@@H](O)C(=O)O.C[C@@H](O)CO.O=C(O)CC(O)(CC(=O)O)C(=O)O.O=C(O)CCCCC(=O)C(O)C(O)C(O)C(O)CO.O=C1[C@@H](O)[C@@H](O)C(=O)N1c1ccccc1.OC[C@@H](O)[C@@H](O)CO.OC[C@@H](O)[C@H](O)CO.OC[C@@H](O)[C@H]1O[C@H](O)[C@H](O)[C@H]1O.OC[C@H]1O[C@](O)(CO)[C@@H](O)[C@@H]1O. The van der Waals surface area contributed by atoms with Crippen molar-refractivity contribution in [1.29, 1.82) is 0 Å². The number of aliphatic hydroxyl groups excluding tert-OH is 27. The first-order valence-electron chi connectivity index (χ1n) is 28.3. The second kappa shape index (κ2) is 53.1. The molecule has 3 aliphatic heterocycles. The van der Waals surface area contributed by atoms with Crippen molar-refractivity contribution in [2.24, 2.45) is 0 Å². The Balaban J connectivity index is -0.000000339. The van der Waals surface area contributed by atoms with Crippen molar-refractivity contribution in [2.75, 3.05) is 64.4 Å². The van der Waals surface area contributed by atoms with Crippen LogP contribution >= 0.6 is 0 Å². The summed E-state index contributed by atoms with van der Waals surface area (Å²) in [5.74, 6) is -11.7. The summed E-state index contributed by atoms with van der Waals surface area (Å²) in [6, 6.07) is 8.17. The number of aliphatic carboxylic acids is 5. The summed E-state index contributed by atoms with van der Waals surface area (Å²) in [4.78, 5) is 85.2. The molecule has 0 radical (unpaired) electrons. The Morgan fingerprint density at radius 3 is 1.19 bits per heavy atom. The monoisotopic (exact) mass is 1450 g/mol. The summed E-state index contributed by atoms with van der Waals surface area (Å²) in [6.07, 6.45) is -30.1. The fourth-order valence-electron chi connectivity index (χ4n) is 6.37. The zero-order chi connectivity index (χ0) is 77.9. The number of unbranched alkanes of at least 4 members (excludes halogenated alkanes) is 1. The van der Waals surface area contributed by atoms with Crippen molar-refractivity contribution in [3.8, 4) is 0 Å². The van der Waals surface area contributed by atoms with E-state index in [1.807, 2.05) is 0 Å². The third kappa shape index (κ3) is 39.2. The second-order valence-electron chi connectivity index (χ2n) is 20.5. The largest absolute Gasteiger partial charge is 0.481 e. The second-order valence-corrected chi connectivity index (χ2v) is 20.5. The number of Topliss-reactive ketones (excluding diaryl/α,β-unsaturated/α-hetero) is 1. The van der Waals surface area contributed by atoms with E-state index < -0.39 is 247 Å². The predicted octanol–water partition coefficient (Wildman–Crippen LogP) is -16.6. The molecule has 2 amide bonds. The average Bonchev–Trinajstić information content (AvgIpc) is 1.66. The van der Waals surface area contributed by atoms with Crippen LogP contribution in [-0.2, 0) is 47.8 Å². The van der Waals surface area contributed by atoms with Crippen LogP contribution in [0.2, 0.25) is 0 Å². The number of ketones is 1. The summed E-state index contributed by atoms with van der Waals surface area (Å²) in [6.45, 7) is -2.30. The first-order chi connectivity index (χ1) is 45.2. The number of carboxylic acids is 5. The number of carbonyl (C=O) groups excluding carboxylic acids is 3. The van der Waals surface area contributed by atoms with Gasteiger partial charge in [-0.05, 0) is 38.8 Å². The van der Waals surface area contributed by atoms with Gasteiger partial charge in [0.2, 0.25) is 5.79 Å². The van der Waals surface area contributed by atoms with Gasteiger partial charge < -0.3 is 183 Å². The number of hydrogen-bond acceptors (Lipinski definition) is 39. The zero-order valence-corrected chi connectivity index (χ0v) is 52.3. The molecule has 98 heavy (non-hydrogen) atoms. The molecule has 1 aromatic rings.